The molecule has 1 saturated carbocycles. The van der Waals surface area contributed by atoms with Gasteiger partial charge in [-0.3, -0.25) is 9.59 Å². The molecule has 29 heavy (non-hydrogen) atoms. The second-order valence-electron chi connectivity index (χ2n) is 8.28. The fourth-order valence-corrected chi connectivity index (χ4v) is 5.24. The Balaban J connectivity index is 1.56. The van der Waals surface area contributed by atoms with Gasteiger partial charge in [0.1, 0.15) is 0 Å². The Morgan fingerprint density at radius 3 is 2.72 bits per heavy atom. The summed E-state index contributed by atoms with van der Waals surface area (Å²) >= 11 is 1.54. The van der Waals surface area contributed by atoms with Crippen LogP contribution in [0.1, 0.15) is 49.0 Å². The van der Waals surface area contributed by atoms with Crippen molar-refractivity contribution in [1.29, 1.82) is 0 Å². The monoisotopic (exact) mass is 408 g/mol. The van der Waals surface area contributed by atoms with E-state index in [1.54, 1.807) is 11.8 Å². The van der Waals surface area contributed by atoms with Crippen LogP contribution in [0, 0.1) is 11.8 Å². The summed E-state index contributed by atoms with van der Waals surface area (Å²) in [6, 6.07) is 16.0. The normalized spacial score (nSPS) is 24.1. The first-order valence-electron chi connectivity index (χ1n) is 10.4. The van der Waals surface area contributed by atoms with Gasteiger partial charge in [0.2, 0.25) is 5.91 Å². The molecule has 4 rings (SSSR count). The fourth-order valence-electron chi connectivity index (χ4n) is 4.32. The highest BCUT2D eigenvalue weighted by Crippen LogP contribution is 2.37. The molecule has 0 saturated heterocycles. The highest BCUT2D eigenvalue weighted by atomic mass is 32.2. The first-order valence-corrected chi connectivity index (χ1v) is 11.4. The van der Waals surface area contributed by atoms with E-state index in [2.05, 4.69) is 19.2 Å². The smallest absolute Gasteiger partial charge is 0.251 e. The topological polar surface area (TPSA) is 49.4 Å². The minimum Gasteiger partial charge on any atom is -0.349 e. The average molecular weight is 409 g/mol. The molecule has 4 nitrogen and oxygen atoms in total. The van der Waals surface area contributed by atoms with E-state index in [-0.39, 0.29) is 17.9 Å². The number of fused-ring (bicyclic) bond motifs is 1. The average Bonchev–Trinajstić information content (AvgIpc) is 2.74. The highest BCUT2D eigenvalue weighted by molar-refractivity contribution is 8.00. The number of anilines is 1. The maximum atomic E-state index is 13.0. The van der Waals surface area contributed by atoms with Crippen LogP contribution >= 0.6 is 11.8 Å². The number of rotatable bonds is 4. The zero-order valence-electron chi connectivity index (χ0n) is 17.1. The summed E-state index contributed by atoms with van der Waals surface area (Å²) in [6.45, 7) is 5.03. The van der Waals surface area contributed by atoms with Crippen LogP contribution in [-0.4, -0.2) is 23.6 Å². The summed E-state index contributed by atoms with van der Waals surface area (Å²) < 4.78 is 0. The Hall–Kier alpha value is -2.27. The van der Waals surface area contributed by atoms with E-state index >= 15 is 0 Å². The molecule has 5 heteroatoms. The third kappa shape index (κ3) is 4.35. The summed E-state index contributed by atoms with van der Waals surface area (Å²) in [5, 5.41) is 3.25. The van der Waals surface area contributed by atoms with Crippen molar-refractivity contribution in [2.75, 3.05) is 10.7 Å². The van der Waals surface area contributed by atoms with Crippen molar-refractivity contribution >= 4 is 29.3 Å². The second kappa shape index (κ2) is 8.62. The summed E-state index contributed by atoms with van der Waals surface area (Å²) in [5.74, 6) is 1.59. The number of carbonyl (C=O) groups excluding carboxylic acids is 2. The number of carbonyl (C=O) groups is 2. The Bertz CT molecular complexity index is 899. The molecule has 0 unspecified atom stereocenters. The van der Waals surface area contributed by atoms with Crippen LogP contribution < -0.4 is 10.2 Å². The van der Waals surface area contributed by atoms with Gasteiger partial charge in [0.05, 0.1) is 18.0 Å². The van der Waals surface area contributed by atoms with E-state index in [4.69, 9.17) is 0 Å². The van der Waals surface area contributed by atoms with Gasteiger partial charge in [0.25, 0.3) is 5.91 Å². The number of hydrogen-bond donors (Lipinski definition) is 1. The first-order chi connectivity index (χ1) is 14.0. The molecule has 2 aromatic rings. The van der Waals surface area contributed by atoms with E-state index in [0.717, 1.165) is 29.0 Å². The van der Waals surface area contributed by atoms with E-state index in [0.29, 0.717) is 29.7 Å². The van der Waals surface area contributed by atoms with Crippen LogP contribution in [0.5, 0.6) is 0 Å². The number of amides is 2. The second-order valence-corrected chi connectivity index (χ2v) is 9.30. The molecule has 2 aliphatic rings. The fraction of sp³-hybridized carbons (Fsp3) is 0.417. The Morgan fingerprint density at radius 1 is 1.14 bits per heavy atom. The predicted molar refractivity (Wildman–Crippen MR) is 118 cm³/mol. The van der Waals surface area contributed by atoms with E-state index in [1.807, 2.05) is 53.4 Å². The van der Waals surface area contributed by atoms with Crippen LogP contribution in [0.15, 0.2) is 53.4 Å². The van der Waals surface area contributed by atoms with Gasteiger partial charge in [0.15, 0.2) is 0 Å². The van der Waals surface area contributed by atoms with Crippen molar-refractivity contribution in [2.45, 2.75) is 50.6 Å². The zero-order valence-corrected chi connectivity index (χ0v) is 17.9. The molecule has 1 aliphatic carbocycles. The molecule has 0 bridgehead atoms. The third-order valence-electron chi connectivity index (χ3n) is 6.37. The predicted octanol–water partition coefficient (Wildman–Crippen LogP) is 4.88. The van der Waals surface area contributed by atoms with Gasteiger partial charge in [-0.1, -0.05) is 57.0 Å². The van der Waals surface area contributed by atoms with Gasteiger partial charge in [-0.2, -0.15) is 0 Å². The Kier molecular flexibility index (Phi) is 5.95. The maximum absolute atomic E-state index is 13.0. The highest BCUT2D eigenvalue weighted by Gasteiger charge is 2.30. The standard InChI is InChI=1S/C24H28N2O2S/c1-16-7-6-10-20(17(16)2)25-24(28)19-11-12-22-21(13-19)26(23(27)15-29-22)14-18-8-4-3-5-9-18/h3-5,8-9,11-13,16-17,20H,6-7,10,14-15H2,1-2H3,(H,25,28)/t16-,17-,20+/m1/s1. The minimum atomic E-state index is -0.0403. The molecular formula is C24H28N2O2S. The van der Waals surface area contributed by atoms with Crippen molar-refractivity contribution in [2.24, 2.45) is 11.8 Å². The number of hydrogen-bond acceptors (Lipinski definition) is 3. The molecule has 0 radical (unpaired) electrons. The zero-order chi connectivity index (χ0) is 20.4. The molecule has 1 fully saturated rings. The van der Waals surface area contributed by atoms with Gasteiger partial charge in [-0.15, -0.1) is 11.8 Å². The molecule has 1 N–H and O–H groups in total. The van der Waals surface area contributed by atoms with Gasteiger partial charge >= 0.3 is 0 Å². The van der Waals surface area contributed by atoms with Crippen LogP contribution in [0.3, 0.4) is 0 Å². The first kappa shape index (κ1) is 20.0. The lowest BCUT2D eigenvalue weighted by Gasteiger charge is -2.34. The lowest BCUT2D eigenvalue weighted by molar-refractivity contribution is -0.116. The molecule has 1 aliphatic heterocycles. The third-order valence-corrected chi connectivity index (χ3v) is 7.42. The van der Waals surface area contributed by atoms with Crippen LogP contribution in [0.4, 0.5) is 5.69 Å². The van der Waals surface area contributed by atoms with Crippen molar-refractivity contribution in [1.82, 2.24) is 5.32 Å². The van der Waals surface area contributed by atoms with Gasteiger partial charge < -0.3 is 10.2 Å². The molecular weight excluding hydrogens is 380 g/mol. The molecule has 152 valence electrons. The van der Waals surface area contributed by atoms with Crippen molar-refractivity contribution in [3.05, 3.63) is 59.7 Å². The van der Waals surface area contributed by atoms with Crippen molar-refractivity contribution in [3.63, 3.8) is 0 Å². The Morgan fingerprint density at radius 2 is 1.93 bits per heavy atom. The number of benzene rings is 2. The minimum absolute atomic E-state index is 0.0403. The summed E-state index contributed by atoms with van der Waals surface area (Å²) in [7, 11) is 0. The number of thioether (sulfide) groups is 1. The molecule has 3 atom stereocenters. The molecule has 2 amide bonds. The number of nitrogens with zero attached hydrogens (tertiary/aromatic N) is 1. The Labute approximate surface area is 177 Å². The van der Waals surface area contributed by atoms with Gasteiger partial charge in [-0.05, 0) is 42.0 Å². The van der Waals surface area contributed by atoms with Gasteiger partial charge in [-0.25, -0.2) is 0 Å². The van der Waals surface area contributed by atoms with Crippen LogP contribution in [0.25, 0.3) is 0 Å². The van der Waals surface area contributed by atoms with Crippen molar-refractivity contribution in [3.8, 4) is 0 Å². The maximum Gasteiger partial charge on any atom is 0.251 e. The van der Waals surface area contributed by atoms with E-state index in [1.165, 1.54) is 6.42 Å². The number of nitrogens with one attached hydrogen (secondary N) is 1. The van der Waals surface area contributed by atoms with Gasteiger partial charge in [0, 0.05) is 16.5 Å². The molecule has 0 aromatic heterocycles. The summed E-state index contributed by atoms with van der Waals surface area (Å²) in [6.07, 6.45) is 3.44. The summed E-state index contributed by atoms with van der Waals surface area (Å²) in [5.41, 5.74) is 2.55. The van der Waals surface area contributed by atoms with Crippen molar-refractivity contribution < 1.29 is 9.59 Å². The molecule has 1 heterocycles. The lowest BCUT2D eigenvalue weighted by Crippen LogP contribution is -2.43. The van der Waals surface area contributed by atoms with E-state index < -0.39 is 0 Å². The largest absolute Gasteiger partial charge is 0.349 e. The molecule has 2 aromatic carbocycles. The SMILES string of the molecule is C[C@@H]1[C@H](C)CCC[C@@H]1NC(=O)c1ccc2c(c1)N(Cc1ccccc1)C(=O)CS2. The quantitative estimate of drug-likeness (QED) is 0.784. The van der Waals surface area contributed by atoms with Crippen LogP contribution in [0.2, 0.25) is 0 Å². The lowest BCUT2D eigenvalue weighted by atomic mass is 9.78. The summed E-state index contributed by atoms with van der Waals surface area (Å²) in [4.78, 5) is 28.5. The molecule has 0 spiro atoms. The van der Waals surface area contributed by atoms with E-state index in [9.17, 15) is 9.59 Å². The van der Waals surface area contributed by atoms with Crippen LogP contribution in [-0.2, 0) is 11.3 Å².